The summed E-state index contributed by atoms with van der Waals surface area (Å²) in [5, 5.41) is 2.89. The lowest BCUT2D eigenvalue weighted by molar-refractivity contribution is -0.119. The van der Waals surface area contributed by atoms with Crippen molar-refractivity contribution < 1.29 is 9.53 Å². The van der Waals surface area contributed by atoms with E-state index < -0.39 is 0 Å². The predicted molar refractivity (Wildman–Crippen MR) is 71.4 cm³/mol. The van der Waals surface area contributed by atoms with E-state index >= 15 is 0 Å². The van der Waals surface area contributed by atoms with Crippen LogP contribution >= 0.6 is 11.8 Å². The number of carbonyl (C=O) groups excluding carboxylic acids is 1. The zero-order valence-corrected chi connectivity index (χ0v) is 11.3. The molecule has 1 amide bonds. The molecule has 1 aromatic carbocycles. The molecule has 0 aliphatic rings. The fourth-order valence-electron chi connectivity index (χ4n) is 1.47. The van der Waals surface area contributed by atoms with Gasteiger partial charge in [0.2, 0.25) is 5.91 Å². The molecule has 4 heteroatoms. The second-order valence-corrected chi connectivity index (χ2v) is 5.00. The summed E-state index contributed by atoms with van der Waals surface area (Å²) in [6.07, 6.45) is 0. The van der Waals surface area contributed by atoms with Gasteiger partial charge in [-0.25, -0.2) is 0 Å². The first-order valence-electron chi connectivity index (χ1n) is 5.60. The highest BCUT2D eigenvalue weighted by Crippen LogP contribution is 2.21. The number of aryl methyl sites for hydroxylation is 1. The highest BCUT2D eigenvalue weighted by molar-refractivity contribution is 8.00. The van der Waals surface area contributed by atoms with E-state index in [0.717, 1.165) is 4.90 Å². The summed E-state index contributed by atoms with van der Waals surface area (Å²) in [5.74, 6) is 0.488. The van der Waals surface area contributed by atoms with Gasteiger partial charge in [0.1, 0.15) is 0 Å². The Bertz CT molecular complexity index is 368. The van der Waals surface area contributed by atoms with Crippen LogP contribution in [0.15, 0.2) is 29.2 Å². The number of nitrogens with one attached hydrogen (secondary N) is 1. The van der Waals surface area contributed by atoms with Gasteiger partial charge < -0.3 is 10.1 Å². The third-order valence-corrected chi connectivity index (χ3v) is 3.45. The van der Waals surface area contributed by atoms with Crippen LogP contribution in [-0.4, -0.2) is 31.4 Å². The largest absolute Gasteiger partial charge is 0.383 e. The molecule has 0 saturated heterocycles. The third-order valence-electron chi connectivity index (χ3n) is 2.28. The van der Waals surface area contributed by atoms with Crippen molar-refractivity contribution in [2.75, 3.05) is 19.5 Å². The van der Waals surface area contributed by atoms with E-state index in [1.807, 2.05) is 38.1 Å². The van der Waals surface area contributed by atoms with Gasteiger partial charge in [-0.1, -0.05) is 18.2 Å². The van der Waals surface area contributed by atoms with Crippen LogP contribution in [0.25, 0.3) is 0 Å². The average Bonchev–Trinajstić information content (AvgIpc) is 2.28. The molecule has 1 atom stereocenters. The van der Waals surface area contributed by atoms with Crippen molar-refractivity contribution in [2.24, 2.45) is 0 Å². The van der Waals surface area contributed by atoms with Crippen LogP contribution in [0.4, 0.5) is 0 Å². The molecule has 0 spiro atoms. The quantitative estimate of drug-likeness (QED) is 0.790. The van der Waals surface area contributed by atoms with Crippen LogP contribution in [0.1, 0.15) is 12.5 Å². The molecule has 0 aliphatic heterocycles. The van der Waals surface area contributed by atoms with E-state index in [1.54, 1.807) is 18.9 Å². The van der Waals surface area contributed by atoms with Gasteiger partial charge in [0.25, 0.3) is 0 Å². The molecular formula is C13H19NO2S. The molecule has 0 heterocycles. The molecule has 0 aromatic heterocycles. The number of ether oxygens (including phenoxy) is 1. The summed E-state index contributed by atoms with van der Waals surface area (Å²) in [6.45, 7) is 4.52. The minimum atomic E-state index is 0.0443. The van der Waals surface area contributed by atoms with Crippen molar-refractivity contribution in [1.82, 2.24) is 5.32 Å². The normalized spacial score (nSPS) is 12.2. The van der Waals surface area contributed by atoms with Crippen LogP contribution in [-0.2, 0) is 9.53 Å². The highest BCUT2D eigenvalue weighted by atomic mass is 32.2. The van der Waals surface area contributed by atoms with E-state index in [2.05, 4.69) is 5.32 Å². The van der Waals surface area contributed by atoms with Crippen LogP contribution in [0.2, 0.25) is 0 Å². The summed E-state index contributed by atoms with van der Waals surface area (Å²) in [7, 11) is 1.63. The number of rotatable bonds is 6. The molecule has 17 heavy (non-hydrogen) atoms. The second-order valence-electron chi connectivity index (χ2n) is 3.98. The van der Waals surface area contributed by atoms with Gasteiger partial charge in [-0.2, -0.15) is 0 Å². The molecule has 0 fully saturated rings. The van der Waals surface area contributed by atoms with Crippen molar-refractivity contribution in [3.8, 4) is 0 Å². The lowest BCUT2D eigenvalue weighted by Crippen LogP contribution is -2.36. The number of carbonyl (C=O) groups is 1. The number of hydrogen-bond donors (Lipinski definition) is 1. The third kappa shape index (κ3) is 5.24. The first-order chi connectivity index (χ1) is 8.13. The molecular weight excluding hydrogens is 234 g/mol. The van der Waals surface area contributed by atoms with Gasteiger partial charge in [-0.3, -0.25) is 4.79 Å². The number of methoxy groups -OCH3 is 1. The second kappa shape index (κ2) is 7.35. The van der Waals surface area contributed by atoms with Crippen LogP contribution in [0, 0.1) is 6.92 Å². The van der Waals surface area contributed by atoms with Crippen molar-refractivity contribution >= 4 is 17.7 Å². The summed E-state index contributed by atoms with van der Waals surface area (Å²) in [6, 6.07) is 8.13. The Morgan fingerprint density at radius 1 is 1.47 bits per heavy atom. The molecule has 0 saturated carbocycles. The standard InChI is InChI=1S/C13H19NO2S/c1-10-6-4-5-7-12(10)17-9-13(15)14-11(2)8-16-3/h4-7,11H,8-9H2,1-3H3,(H,14,15)/t11-/m1/s1. The molecule has 1 N–H and O–H groups in total. The first kappa shape index (κ1) is 14.1. The van der Waals surface area contributed by atoms with Crippen molar-refractivity contribution in [1.29, 1.82) is 0 Å². The summed E-state index contributed by atoms with van der Waals surface area (Å²) in [5.41, 5.74) is 1.20. The Balaban J connectivity index is 2.36. The van der Waals surface area contributed by atoms with Gasteiger partial charge in [0.15, 0.2) is 0 Å². The zero-order valence-electron chi connectivity index (χ0n) is 10.5. The predicted octanol–water partition coefficient (Wildman–Crippen LogP) is 2.24. The van der Waals surface area contributed by atoms with Crippen LogP contribution < -0.4 is 5.32 Å². The van der Waals surface area contributed by atoms with E-state index in [-0.39, 0.29) is 11.9 Å². The maximum absolute atomic E-state index is 11.6. The smallest absolute Gasteiger partial charge is 0.230 e. The molecule has 1 rings (SSSR count). The van der Waals surface area contributed by atoms with Crippen molar-refractivity contribution in [2.45, 2.75) is 24.8 Å². The SMILES string of the molecule is COC[C@@H](C)NC(=O)CSc1ccccc1C. The van der Waals surface area contributed by atoms with Gasteiger partial charge in [-0.05, 0) is 25.5 Å². The molecule has 3 nitrogen and oxygen atoms in total. The Morgan fingerprint density at radius 3 is 2.82 bits per heavy atom. The Hall–Kier alpha value is -1.00. The number of benzene rings is 1. The molecule has 0 bridgehead atoms. The van der Waals surface area contributed by atoms with Gasteiger partial charge in [0.05, 0.1) is 12.4 Å². The van der Waals surface area contributed by atoms with E-state index in [0.29, 0.717) is 12.4 Å². The Labute approximate surface area is 107 Å². The highest BCUT2D eigenvalue weighted by Gasteiger charge is 2.08. The van der Waals surface area contributed by atoms with Gasteiger partial charge in [-0.15, -0.1) is 11.8 Å². The van der Waals surface area contributed by atoms with Crippen LogP contribution in [0.5, 0.6) is 0 Å². The minimum Gasteiger partial charge on any atom is -0.383 e. The molecule has 0 unspecified atom stereocenters. The molecule has 0 radical (unpaired) electrons. The minimum absolute atomic E-state index is 0.0443. The summed E-state index contributed by atoms with van der Waals surface area (Å²) >= 11 is 1.56. The first-order valence-corrected chi connectivity index (χ1v) is 6.58. The Kier molecular flexibility index (Phi) is 6.08. The van der Waals surface area contributed by atoms with E-state index in [9.17, 15) is 4.79 Å². The number of thioether (sulfide) groups is 1. The monoisotopic (exact) mass is 253 g/mol. The average molecular weight is 253 g/mol. The fourth-order valence-corrected chi connectivity index (χ4v) is 2.31. The van der Waals surface area contributed by atoms with E-state index in [1.165, 1.54) is 5.56 Å². The number of amides is 1. The summed E-state index contributed by atoms with van der Waals surface area (Å²) < 4.78 is 4.96. The van der Waals surface area contributed by atoms with Gasteiger partial charge >= 0.3 is 0 Å². The van der Waals surface area contributed by atoms with Crippen molar-refractivity contribution in [3.05, 3.63) is 29.8 Å². The summed E-state index contributed by atoms with van der Waals surface area (Å²) in [4.78, 5) is 12.8. The van der Waals surface area contributed by atoms with Crippen molar-refractivity contribution in [3.63, 3.8) is 0 Å². The van der Waals surface area contributed by atoms with Gasteiger partial charge in [0, 0.05) is 18.0 Å². The molecule has 1 aromatic rings. The Morgan fingerprint density at radius 2 is 2.18 bits per heavy atom. The lowest BCUT2D eigenvalue weighted by atomic mass is 10.2. The maximum atomic E-state index is 11.6. The molecule has 0 aliphatic carbocycles. The van der Waals surface area contributed by atoms with Crippen LogP contribution in [0.3, 0.4) is 0 Å². The van der Waals surface area contributed by atoms with E-state index in [4.69, 9.17) is 4.74 Å². The zero-order chi connectivity index (χ0) is 12.7. The topological polar surface area (TPSA) is 38.3 Å². The fraction of sp³-hybridized carbons (Fsp3) is 0.462. The maximum Gasteiger partial charge on any atom is 0.230 e. The lowest BCUT2D eigenvalue weighted by Gasteiger charge is -2.12. The molecule has 94 valence electrons. The number of hydrogen-bond acceptors (Lipinski definition) is 3.